The third-order valence-corrected chi connectivity index (χ3v) is 4.59. The second-order valence-corrected chi connectivity index (χ2v) is 6.00. The molecule has 0 spiro atoms. The number of nitrogens with zero attached hydrogens (tertiary/aromatic N) is 1. The number of fused-ring (bicyclic) bond motifs is 2. The fraction of sp³-hybridized carbons (Fsp3) is 0.211. The predicted octanol–water partition coefficient (Wildman–Crippen LogP) is 2.86. The molecule has 2 amide bonds. The molecule has 0 aromatic heterocycles. The number of hydrogen-bond acceptors (Lipinski definition) is 4. The van der Waals surface area contributed by atoms with Crippen LogP contribution in [0.5, 0.6) is 0 Å². The number of rotatable bonds is 2. The molecule has 2 aromatic rings. The van der Waals surface area contributed by atoms with Crippen molar-refractivity contribution >= 4 is 17.8 Å². The van der Waals surface area contributed by atoms with E-state index in [4.69, 9.17) is 4.84 Å². The SMILES string of the molecule is O=C(ON1C(=O)c2ccccc2C1=O)C1CCCc2ccccc21. The van der Waals surface area contributed by atoms with Crippen molar-refractivity contribution in [3.63, 3.8) is 0 Å². The summed E-state index contributed by atoms with van der Waals surface area (Å²) in [5.74, 6) is -2.18. The largest absolute Gasteiger partial charge is 0.340 e. The summed E-state index contributed by atoms with van der Waals surface area (Å²) < 4.78 is 0. The lowest BCUT2D eigenvalue weighted by molar-refractivity contribution is -0.170. The lowest BCUT2D eigenvalue weighted by atomic mass is 9.83. The first-order valence-corrected chi connectivity index (χ1v) is 7.94. The van der Waals surface area contributed by atoms with Gasteiger partial charge in [-0.3, -0.25) is 9.59 Å². The average molecular weight is 321 g/mol. The number of hydroxylamine groups is 2. The van der Waals surface area contributed by atoms with Crippen molar-refractivity contribution in [1.29, 1.82) is 0 Å². The Morgan fingerprint density at radius 1 is 0.958 bits per heavy atom. The Morgan fingerprint density at radius 2 is 1.58 bits per heavy atom. The maximum absolute atomic E-state index is 12.6. The molecule has 1 aliphatic carbocycles. The standard InChI is InChI=1S/C19H15NO4/c21-17-14-9-3-4-10-15(14)18(22)20(17)24-19(23)16-11-5-7-12-6-1-2-8-13(12)16/h1-4,6,8-10,16H,5,7,11H2. The Labute approximate surface area is 138 Å². The molecule has 0 N–H and O–H groups in total. The average Bonchev–Trinajstić information content (AvgIpc) is 2.86. The zero-order chi connectivity index (χ0) is 16.7. The van der Waals surface area contributed by atoms with Crippen molar-refractivity contribution in [3.8, 4) is 0 Å². The molecule has 0 saturated carbocycles. The van der Waals surface area contributed by atoms with Crippen LogP contribution in [0.4, 0.5) is 0 Å². The molecule has 1 aliphatic heterocycles. The Kier molecular flexibility index (Phi) is 3.41. The van der Waals surface area contributed by atoms with Gasteiger partial charge in [0.15, 0.2) is 0 Å². The van der Waals surface area contributed by atoms with Gasteiger partial charge in [-0.1, -0.05) is 41.5 Å². The van der Waals surface area contributed by atoms with E-state index in [0.717, 1.165) is 24.0 Å². The molecule has 24 heavy (non-hydrogen) atoms. The quantitative estimate of drug-likeness (QED) is 0.798. The van der Waals surface area contributed by atoms with Gasteiger partial charge in [-0.05, 0) is 42.5 Å². The second kappa shape index (κ2) is 5.60. The number of imide groups is 1. The van der Waals surface area contributed by atoms with Gasteiger partial charge < -0.3 is 4.84 Å². The molecule has 4 rings (SSSR count). The fourth-order valence-corrected chi connectivity index (χ4v) is 3.40. The van der Waals surface area contributed by atoms with E-state index in [1.54, 1.807) is 24.3 Å². The van der Waals surface area contributed by atoms with E-state index in [1.165, 1.54) is 0 Å². The van der Waals surface area contributed by atoms with Crippen molar-refractivity contribution in [1.82, 2.24) is 5.06 Å². The van der Waals surface area contributed by atoms with Gasteiger partial charge in [-0.15, -0.1) is 0 Å². The van der Waals surface area contributed by atoms with E-state index < -0.39 is 23.7 Å². The van der Waals surface area contributed by atoms with Crippen molar-refractivity contribution in [2.75, 3.05) is 0 Å². The summed E-state index contributed by atoms with van der Waals surface area (Å²) in [7, 11) is 0. The third-order valence-electron chi connectivity index (χ3n) is 4.59. The first-order chi connectivity index (χ1) is 11.7. The molecule has 1 unspecified atom stereocenters. The second-order valence-electron chi connectivity index (χ2n) is 6.00. The maximum Gasteiger partial charge on any atom is 0.340 e. The Hall–Kier alpha value is -2.95. The highest BCUT2D eigenvalue weighted by Gasteiger charge is 2.40. The Balaban J connectivity index is 1.58. The highest BCUT2D eigenvalue weighted by Crippen LogP contribution is 2.33. The monoisotopic (exact) mass is 321 g/mol. The summed E-state index contributed by atoms with van der Waals surface area (Å²) >= 11 is 0. The minimum absolute atomic E-state index is 0.263. The molecule has 1 heterocycles. The van der Waals surface area contributed by atoms with Crippen LogP contribution in [-0.4, -0.2) is 22.8 Å². The van der Waals surface area contributed by atoms with Gasteiger partial charge in [0.1, 0.15) is 0 Å². The van der Waals surface area contributed by atoms with E-state index in [2.05, 4.69) is 0 Å². The third kappa shape index (κ3) is 2.21. The molecule has 1 atom stereocenters. The molecular formula is C19H15NO4. The van der Waals surface area contributed by atoms with Gasteiger partial charge in [0.25, 0.3) is 11.8 Å². The highest BCUT2D eigenvalue weighted by atomic mass is 16.7. The smallest absolute Gasteiger partial charge is 0.329 e. The maximum atomic E-state index is 12.6. The lowest BCUT2D eigenvalue weighted by Gasteiger charge is -2.25. The minimum Gasteiger partial charge on any atom is -0.329 e. The number of benzene rings is 2. The molecule has 0 radical (unpaired) electrons. The summed E-state index contributed by atoms with van der Waals surface area (Å²) in [6.45, 7) is 0. The normalized spacial score (nSPS) is 19.0. The van der Waals surface area contributed by atoms with Crippen LogP contribution in [0.3, 0.4) is 0 Å². The molecule has 5 nitrogen and oxygen atoms in total. The first kappa shape index (κ1) is 14.6. The van der Waals surface area contributed by atoms with Crippen molar-refractivity contribution < 1.29 is 19.2 Å². The van der Waals surface area contributed by atoms with E-state index in [-0.39, 0.29) is 11.1 Å². The fourth-order valence-electron chi connectivity index (χ4n) is 3.40. The summed E-state index contributed by atoms with van der Waals surface area (Å²) in [6.07, 6.45) is 2.45. The Morgan fingerprint density at radius 3 is 2.29 bits per heavy atom. The van der Waals surface area contributed by atoms with E-state index in [9.17, 15) is 14.4 Å². The van der Waals surface area contributed by atoms with Gasteiger partial charge in [-0.2, -0.15) is 0 Å². The van der Waals surface area contributed by atoms with E-state index >= 15 is 0 Å². The van der Waals surface area contributed by atoms with Crippen LogP contribution in [0.15, 0.2) is 48.5 Å². The summed E-state index contributed by atoms with van der Waals surface area (Å²) in [6, 6.07) is 14.2. The van der Waals surface area contributed by atoms with Crippen LogP contribution in [-0.2, 0) is 16.1 Å². The highest BCUT2D eigenvalue weighted by molar-refractivity contribution is 6.20. The number of hydrogen-bond donors (Lipinski definition) is 0. The molecular weight excluding hydrogens is 306 g/mol. The molecule has 0 fully saturated rings. The summed E-state index contributed by atoms with van der Waals surface area (Å²) in [4.78, 5) is 42.4. The van der Waals surface area contributed by atoms with E-state index in [0.29, 0.717) is 11.5 Å². The molecule has 2 aliphatic rings. The van der Waals surface area contributed by atoms with Crippen LogP contribution < -0.4 is 0 Å². The number of carbonyl (C=O) groups excluding carboxylic acids is 3. The Bertz CT molecular complexity index is 823. The van der Waals surface area contributed by atoms with Crippen molar-refractivity contribution in [3.05, 3.63) is 70.8 Å². The van der Waals surface area contributed by atoms with Gasteiger partial charge in [0.2, 0.25) is 0 Å². The van der Waals surface area contributed by atoms with Gasteiger partial charge in [0, 0.05) is 0 Å². The van der Waals surface area contributed by atoms with Crippen LogP contribution >= 0.6 is 0 Å². The van der Waals surface area contributed by atoms with Crippen LogP contribution in [0, 0.1) is 0 Å². The zero-order valence-corrected chi connectivity index (χ0v) is 12.9. The lowest BCUT2D eigenvalue weighted by Crippen LogP contribution is -2.35. The summed E-state index contributed by atoms with van der Waals surface area (Å²) in [5, 5.41) is 0.588. The van der Waals surface area contributed by atoms with Crippen LogP contribution in [0.1, 0.15) is 50.6 Å². The van der Waals surface area contributed by atoms with Gasteiger partial charge in [0.05, 0.1) is 17.0 Å². The molecule has 0 bridgehead atoms. The number of amides is 2. The molecule has 120 valence electrons. The molecule has 0 saturated heterocycles. The molecule has 5 heteroatoms. The van der Waals surface area contributed by atoms with Crippen LogP contribution in [0.25, 0.3) is 0 Å². The predicted molar refractivity (Wildman–Crippen MR) is 85.2 cm³/mol. The zero-order valence-electron chi connectivity index (χ0n) is 12.9. The van der Waals surface area contributed by atoms with Gasteiger partial charge >= 0.3 is 5.97 Å². The summed E-state index contributed by atoms with van der Waals surface area (Å²) in [5.41, 5.74) is 2.57. The van der Waals surface area contributed by atoms with Crippen LogP contribution in [0.2, 0.25) is 0 Å². The van der Waals surface area contributed by atoms with Crippen molar-refractivity contribution in [2.24, 2.45) is 0 Å². The minimum atomic E-state index is -0.590. The van der Waals surface area contributed by atoms with Gasteiger partial charge in [-0.25, -0.2) is 4.79 Å². The number of aryl methyl sites for hydroxylation is 1. The number of carbonyl (C=O) groups is 3. The molecule has 2 aromatic carbocycles. The van der Waals surface area contributed by atoms with E-state index in [1.807, 2.05) is 24.3 Å². The topological polar surface area (TPSA) is 63.7 Å². The van der Waals surface area contributed by atoms with Crippen molar-refractivity contribution in [2.45, 2.75) is 25.2 Å². The first-order valence-electron chi connectivity index (χ1n) is 7.94.